The molecule has 0 aliphatic carbocycles. The standard InChI is InChI=1S/C13H22N4O2/c1-8-7-9(5-6-19-8)14-11(18)10-15-12(17-16-10)13(2,3)4/h8-9H,5-7H2,1-4H3,(H,14,18)(H,15,16,17). The maximum atomic E-state index is 12.1. The summed E-state index contributed by atoms with van der Waals surface area (Å²) >= 11 is 0. The minimum atomic E-state index is -0.217. The van der Waals surface area contributed by atoms with Crippen molar-refractivity contribution in [3.63, 3.8) is 0 Å². The SMILES string of the molecule is CC1CC(NC(=O)c2n[nH]c(C(C)(C)C)n2)CCO1. The predicted octanol–water partition coefficient (Wildman–Crippen LogP) is 1.40. The zero-order valence-corrected chi connectivity index (χ0v) is 12.0. The fourth-order valence-corrected chi connectivity index (χ4v) is 2.08. The van der Waals surface area contributed by atoms with E-state index in [1.807, 2.05) is 27.7 Å². The number of rotatable bonds is 2. The van der Waals surface area contributed by atoms with Gasteiger partial charge in [-0.3, -0.25) is 9.89 Å². The van der Waals surface area contributed by atoms with E-state index in [2.05, 4.69) is 20.5 Å². The van der Waals surface area contributed by atoms with Gasteiger partial charge in [-0.05, 0) is 19.8 Å². The van der Waals surface area contributed by atoms with E-state index in [1.54, 1.807) is 0 Å². The van der Waals surface area contributed by atoms with E-state index in [0.717, 1.165) is 18.7 Å². The number of aromatic nitrogens is 3. The van der Waals surface area contributed by atoms with Crippen LogP contribution in [0.5, 0.6) is 0 Å². The maximum Gasteiger partial charge on any atom is 0.291 e. The van der Waals surface area contributed by atoms with Crippen molar-refractivity contribution in [3.05, 3.63) is 11.6 Å². The summed E-state index contributed by atoms with van der Waals surface area (Å²) < 4.78 is 5.46. The summed E-state index contributed by atoms with van der Waals surface area (Å²) in [6, 6.07) is 0.146. The van der Waals surface area contributed by atoms with Gasteiger partial charge in [-0.15, -0.1) is 5.10 Å². The highest BCUT2D eigenvalue weighted by Crippen LogP contribution is 2.17. The normalized spacial score (nSPS) is 24.2. The van der Waals surface area contributed by atoms with Crippen LogP contribution in [0, 0.1) is 0 Å². The number of hydrogen-bond acceptors (Lipinski definition) is 4. The van der Waals surface area contributed by atoms with E-state index in [-0.39, 0.29) is 29.3 Å². The van der Waals surface area contributed by atoms with Crippen LogP contribution in [0.15, 0.2) is 0 Å². The van der Waals surface area contributed by atoms with Crippen molar-refractivity contribution in [2.45, 2.75) is 58.1 Å². The molecule has 1 aromatic heterocycles. The predicted molar refractivity (Wildman–Crippen MR) is 71.0 cm³/mol. The first-order valence-corrected chi connectivity index (χ1v) is 6.71. The largest absolute Gasteiger partial charge is 0.378 e. The molecule has 0 aromatic carbocycles. The lowest BCUT2D eigenvalue weighted by atomic mass is 9.96. The number of nitrogens with zero attached hydrogens (tertiary/aromatic N) is 2. The van der Waals surface area contributed by atoms with Gasteiger partial charge in [-0.25, -0.2) is 4.98 Å². The Labute approximate surface area is 113 Å². The zero-order valence-electron chi connectivity index (χ0n) is 12.0. The van der Waals surface area contributed by atoms with Gasteiger partial charge in [-0.2, -0.15) is 0 Å². The number of amides is 1. The third kappa shape index (κ3) is 3.53. The number of carbonyl (C=O) groups is 1. The summed E-state index contributed by atoms with van der Waals surface area (Å²) in [4.78, 5) is 16.3. The van der Waals surface area contributed by atoms with Crippen molar-refractivity contribution in [2.24, 2.45) is 0 Å². The van der Waals surface area contributed by atoms with Gasteiger partial charge in [0.25, 0.3) is 5.91 Å². The highest BCUT2D eigenvalue weighted by atomic mass is 16.5. The Kier molecular flexibility index (Phi) is 3.89. The van der Waals surface area contributed by atoms with Crippen molar-refractivity contribution < 1.29 is 9.53 Å². The van der Waals surface area contributed by atoms with Gasteiger partial charge < -0.3 is 10.1 Å². The molecule has 19 heavy (non-hydrogen) atoms. The summed E-state index contributed by atoms with van der Waals surface area (Å²) in [6.45, 7) is 8.77. The second-order valence-corrected chi connectivity index (χ2v) is 6.13. The minimum absolute atomic E-state index is 0.140. The molecule has 0 spiro atoms. The zero-order chi connectivity index (χ0) is 14.0. The fraction of sp³-hybridized carbons (Fsp3) is 0.769. The number of aromatic amines is 1. The van der Waals surface area contributed by atoms with Gasteiger partial charge >= 0.3 is 0 Å². The molecular weight excluding hydrogens is 244 g/mol. The lowest BCUT2D eigenvalue weighted by molar-refractivity contribution is 0.0135. The van der Waals surface area contributed by atoms with Gasteiger partial charge in [0.2, 0.25) is 5.82 Å². The van der Waals surface area contributed by atoms with Crippen LogP contribution in [-0.2, 0) is 10.2 Å². The van der Waals surface area contributed by atoms with Crippen LogP contribution < -0.4 is 5.32 Å². The van der Waals surface area contributed by atoms with Crippen LogP contribution in [0.2, 0.25) is 0 Å². The highest BCUT2D eigenvalue weighted by molar-refractivity contribution is 5.90. The van der Waals surface area contributed by atoms with Crippen molar-refractivity contribution in [2.75, 3.05) is 6.61 Å². The third-order valence-electron chi connectivity index (χ3n) is 3.22. The van der Waals surface area contributed by atoms with E-state index in [1.165, 1.54) is 0 Å². The van der Waals surface area contributed by atoms with Crippen molar-refractivity contribution in [1.82, 2.24) is 20.5 Å². The molecule has 0 saturated carbocycles. The summed E-state index contributed by atoms with van der Waals surface area (Å²) in [6.07, 6.45) is 1.87. The fourth-order valence-electron chi connectivity index (χ4n) is 2.08. The summed E-state index contributed by atoms with van der Waals surface area (Å²) in [5.41, 5.74) is -0.140. The molecule has 1 aromatic rings. The van der Waals surface area contributed by atoms with Crippen LogP contribution in [0.1, 0.15) is 57.0 Å². The highest BCUT2D eigenvalue weighted by Gasteiger charge is 2.25. The molecule has 6 nitrogen and oxygen atoms in total. The van der Waals surface area contributed by atoms with Gasteiger partial charge in [-0.1, -0.05) is 20.8 Å². The topological polar surface area (TPSA) is 79.9 Å². The Bertz CT molecular complexity index is 450. The van der Waals surface area contributed by atoms with Gasteiger partial charge in [0.15, 0.2) is 0 Å². The number of H-pyrrole nitrogens is 1. The number of ether oxygens (including phenoxy) is 1. The van der Waals surface area contributed by atoms with Crippen LogP contribution in [0.25, 0.3) is 0 Å². The van der Waals surface area contributed by atoms with Crippen molar-refractivity contribution >= 4 is 5.91 Å². The maximum absolute atomic E-state index is 12.1. The monoisotopic (exact) mass is 266 g/mol. The molecule has 1 aliphatic heterocycles. The molecule has 0 bridgehead atoms. The molecule has 2 rings (SSSR count). The van der Waals surface area contributed by atoms with Crippen molar-refractivity contribution in [3.8, 4) is 0 Å². The Balaban J connectivity index is 1.98. The average molecular weight is 266 g/mol. The average Bonchev–Trinajstić information content (AvgIpc) is 2.77. The molecule has 1 saturated heterocycles. The molecule has 1 aliphatic rings. The molecule has 2 heterocycles. The van der Waals surface area contributed by atoms with E-state index in [0.29, 0.717) is 6.61 Å². The number of nitrogens with one attached hydrogen (secondary N) is 2. The van der Waals surface area contributed by atoms with Crippen LogP contribution in [-0.4, -0.2) is 39.8 Å². The van der Waals surface area contributed by atoms with Crippen LogP contribution in [0.4, 0.5) is 0 Å². The minimum Gasteiger partial charge on any atom is -0.378 e. The number of hydrogen-bond donors (Lipinski definition) is 2. The lowest BCUT2D eigenvalue weighted by Crippen LogP contribution is -2.41. The van der Waals surface area contributed by atoms with Crippen LogP contribution in [0.3, 0.4) is 0 Å². The molecule has 0 radical (unpaired) electrons. The molecular formula is C13H22N4O2. The molecule has 106 valence electrons. The second-order valence-electron chi connectivity index (χ2n) is 6.13. The summed E-state index contributed by atoms with van der Waals surface area (Å²) in [7, 11) is 0. The lowest BCUT2D eigenvalue weighted by Gasteiger charge is -2.27. The Morgan fingerprint density at radius 1 is 1.47 bits per heavy atom. The first-order valence-electron chi connectivity index (χ1n) is 6.71. The van der Waals surface area contributed by atoms with E-state index >= 15 is 0 Å². The molecule has 2 atom stereocenters. The molecule has 1 fully saturated rings. The Hall–Kier alpha value is -1.43. The first-order chi connectivity index (χ1) is 8.86. The van der Waals surface area contributed by atoms with Gasteiger partial charge in [0, 0.05) is 18.1 Å². The van der Waals surface area contributed by atoms with E-state index in [9.17, 15) is 4.79 Å². The Morgan fingerprint density at radius 2 is 2.21 bits per heavy atom. The summed E-state index contributed by atoms with van der Waals surface area (Å²) in [5.74, 6) is 0.716. The molecule has 6 heteroatoms. The molecule has 2 unspecified atom stereocenters. The second kappa shape index (κ2) is 5.28. The van der Waals surface area contributed by atoms with Crippen molar-refractivity contribution in [1.29, 1.82) is 0 Å². The van der Waals surface area contributed by atoms with Gasteiger partial charge in [0.05, 0.1) is 6.10 Å². The number of carbonyl (C=O) groups excluding carboxylic acids is 1. The summed E-state index contributed by atoms with van der Waals surface area (Å²) in [5, 5.41) is 9.78. The third-order valence-corrected chi connectivity index (χ3v) is 3.22. The van der Waals surface area contributed by atoms with E-state index < -0.39 is 0 Å². The first kappa shape index (κ1) is 14.0. The molecule has 1 amide bonds. The molecule has 2 N–H and O–H groups in total. The van der Waals surface area contributed by atoms with E-state index in [4.69, 9.17) is 4.74 Å². The van der Waals surface area contributed by atoms with Crippen LogP contribution >= 0.6 is 0 Å². The van der Waals surface area contributed by atoms with Gasteiger partial charge in [0.1, 0.15) is 5.82 Å². The quantitative estimate of drug-likeness (QED) is 0.848. The Morgan fingerprint density at radius 3 is 2.79 bits per heavy atom. The smallest absolute Gasteiger partial charge is 0.291 e.